The van der Waals surface area contributed by atoms with Crippen molar-refractivity contribution in [3.05, 3.63) is 64.1 Å². The molecule has 0 saturated heterocycles. The van der Waals surface area contributed by atoms with Gasteiger partial charge in [0.2, 0.25) is 0 Å². The third-order valence-corrected chi connectivity index (χ3v) is 4.21. The van der Waals surface area contributed by atoms with Crippen LogP contribution in [0.3, 0.4) is 0 Å². The second kappa shape index (κ2) is 9.48. The molecule has 128 valence electrons. The van der Waals surface area contributed by atoms with Gasteiger partial charge in [-0.2, -0.15) is 0 Å². The van der Waals surface area contributed by atoms with E-state index in [9.17, 15) is 4.79 Å². The van der Waals surface area contributed by atoms with E-state index >= 15 is 0 Å². The van der Waals surface area contributed by atoms with Crippen molar-refractivity contribution in [2.45, 2.75) is 26.7 Å². The highest BCUT2D eigenvalue weighted by molar-refractivity contribution is 9.10. The normalized spacial score (nSPS) is 10.7. The van der Waals surface area contributed by atoms with Crippen molar-refractivity contribution in [2.24, 2.45) is 5.92 Å². The zero-order valence-corrected chi connectivity index (χ0v) is 15.7. The Labute approximate surface area is 152 Å². The molecule has 2 aromatic carbocycles. The van der Waals surface area contributed by atoms with Crippen molar-refractivity contribution in [3.63, 3.8) is 0 Å². The predicted octanol–water partition coefficient (Wildman–Crippen LogP) is 5.27. The molecule has 2 rings (SSSR count). The number of rotatable bonds is 8. The van der Waals surface area contributed by atoms with Gasteiger partial charge in [0, 0.05) is 6.42 Å². The molecule has 0 spiro atoms. The second-order valence-electron chi connectivity index (χ2n) is 6.05. The van der Waals surface area contributed by atoms with Crippen LogP contribution in [0.2, 0.25) is 0 Å². The van der Waals surface area contributed by atoms with Crippen molar-refractivity contribution < 1.29 is 14.3 Å². The van der Waals surface area contributed by atoms with Gasteiger partial charge in [-0.15, -0.1) is 0 Å². The summed E-state index contributed by atoms with van der Waals surface area (Å²) in [5, 5.41) is 0. The van der Waals surface area contributed by atoms with E-state index in [-0.39, 0.29) is 5.97 Å². The van der Waals surface area contributed by atoms with E-state index < -0.39 is 0 Å². The van der Waals surface area contributed by atoms with Crippen molar-refractivity contribution in [2.75, 3.05) is 13.2 Å². The standard InChI is InChI=1S/C20H23BrO3/c1-15(2)10-12-23-19-9-8-17(14-18(19)21)20(22)24-13-11-16-6-4-3-5-7-16/h3-9,14-15H,10-13H2,1-2H3. The maximum atomic E-state index is 12.1. The van der Waals surface area contributed by atoms with Gasteiger partial charge in [0.25, 0.3) is 0 Å². The molecule has 0 fully saturated rings. The topological polar surface area (TPSA) is 35.5 Å². The fourth-order valence-electron chi connectivity index (χ4n) is 2.14. The molecule has 2 aromatic rings. The van der Waals surface area contributed by atoms with Crippen molar-refractivity contribution in [1.29, 1.82) is 0 Å². The van der Waals surface area contributed by atoms with Crippen molar-refractivity contribution >= 4 is 21.9 Å². The number of benzene rings is 2. The van der Waals surface area contributed by atoms with Crippen molar-refractivity contribution in [3.8, 4) is 5.75 Å². The minimum absolute atomic E-state index is 0.319. The molecule has 4 heteroatoms. The van der Waals surface area contributed by atoms with E-state index in [0.29, 0.717) is 31.1 Å². The third kappa shape index (κ3) is 6.00. The number of halogens is 1. The van der Waals surface area contributed by atoms with Gasteiger partial charge in [0.15, 0.2) is 0 Å². The van der Waals surface area contributed by atoms with Crippen LogP contribution < -0.4 is 4.74 Å². The minimum atomic E-state index is -0.319. The lowest BCUT2D eigenvalue weighted by Crippen LogP contribution is -2.08. The molecule has 0 aromatic heterocycles. The lowest BCUT2D eigenvalue weighted by molar-refractivity contribution is 0.0509. The predicted molar refractivity (Wildman–Crippen MR) is 99.5 cm³/mol. The summed E-state index contributed by atoms with van der Waals surface area (Å²) in [5.74, 6) is 1.03. The largest absolute Gasteiger partial charge is 0.492 e. The molecular weight excluding hydrogens is 368 g/mol. The van der Waals surface area contributed by atoms with Gasteiger partial charge in [-0.3, -0.25) is 0 Å². The summed E-state index contributed by atoms with van der Waals surface area (Å²) in [6.07, 6.45) is 1.71. The highest BCUT2D eigenvalue weighted by atomic mass is 79.9. The van der Waals surface area contributed by atoms with Crippen LogP contribution >= 0.6 is 15.9 Å². The lowest BCUT2D eigenvalue weighted by Gasteiger charge is -2.11. The van der Waals surface area contributed by atoms with E-state index in [2.05, 4.69) is 29.8 Å². The Morgan fingerprint density at radius 3 is 2.50 bits per heavy atom. The Bertz CT molecular complexity index is 653. The van der Waals surface area contributed by atoms with Crippen LogP contribution in [-0.4, -0.2) is 19.2 Å². The molecule has 3 nitrogen and oxygen atoms in total. The fourth-order valence-corrected chi connectivity index (χ4v) is 2.63. The van der Waals surface area contributed by atoms with E-state index in [1.807, 2.05) is 30.3 Å². The summed E-state index contributed by atoms with van der Waals surface area (Å²) < 4.78 is 11.8. The first kappa shape index (κ1) is 18.5. The van der Waals surface area contributed by atoms with Gasteiger partial charge in [-0.1, -0.05) is 44.2 Å². The maximum Gasteiger partial charge on any atom is 0.338 e. The molecule has 0 N–H and O–H groups in total. The van der Waals surface area contributed by atoms with Gasteiger partial charge in [0.05, 0.1) is 23.2 Å². The summed E-state index contributed by atoms with van der Waals surface area (Å²) in [6.45, 7) is 5.35. The third-order valence-electron chi connectivity index (χ3n) is 3.59. The number of carbonyl (C=O) groups excluding carboxylic acids is 1. The van der Waals surface area contributed by atoms with Crippen LogP contribution in [0.4, 0.5) is 0 Å². The molecular formula is C20H23BrO3. The monoisotopic (exact) mass is 390 g/mol. The Balaban J connectivity index is 1.84. The maximum absolute atomic E-state index is 12.1. The van der Waals surface area contributed by atoms with E-state index in [0.717, 1.165) is 22.2 Å². The first-order valence-corrected chi connectivity index (χ1v) is 8.99. The van der Waals surface area contributed by atoms with Crippen LogP contribution in [0.1, 0.15) is 36.2 Å². The Morgan fingerprint density at radius 2 is 1.83 bits per heavy atom. The van der Waals surface area contributed by atoms with E-state index in [1.165, 1.54) is 0 Å². The van der Waals surface area contributed by atoms with Crippen LogP contribution in [0.5, 0.6) is 5.75 Å². The van der Waals surface area contributed by atoms with Gasteiger partial charge < -0.3 is 9.47 Å². The molecule has 24 heavy (non-hydrogen) atoms. The quantitative estimate of drug-likeness (QED) is 0.575. The zero-order chi connectivity index (χ0) is 17.4. The summed E-state index contributed by atoms with van der Waals surface area (Å²) in [5.41, 5.74) is 1.67. The Hall–Kier alpha value is -1.81. The van der Waals surface area contributed by atoms with E-state index in [4.69, 9.17) is 9.47 Å². The fraction of sp³-hybridized carbons (Fsp3) is 0.350. The molecule has 0 bridgehead atoms. The van der Waals surface area contributed by atoms with Crippen LogP contribution in [0.15, 0.2) is 53.0 Å². The average molecular weight is 391 g/mol. The minimum Gasteiger partial charge on any atom is -0.492 e. The summed E-state index contributed by atoms with van der Waals surface area (Å²) in [4.78, 5) is 12.1. The molecule has 0 aliphatic heterocycles. The van der Waals surface area contributed by atoms with Crippen LogP contribution in [-0.2, 0) is 11.2 Å². The smallest absolute Gasteiger partial charge is 0.338 e. The van der Waals surface area contributed by atoms with Gasteiger partial charge in [0.1, 0.15) is 5.75 Å². The molecule has 0 aliphatic rings. The second-order valence-corrected chi connectivity index (χ2v) is 6.90. The molecule has 0 unspecified atom stereocenters. The molecule has 0 aliphatic carbocycles. The molecule has 0 radical (unpaired) electrons. The van der Waals surface area contributed by atoms with Gasteiger partial charge >= 0.3 is 5.97 Å². The Morgan fingerprint density at radius 1 is 1.08 bits per heavy atom. The summed E-state index contributed by atoms with van der Waals surface area (Å²) in [6, 6.07) is 15.3. The van der Waals surface area contributed by atoms with Crippen LogP contribution in [0, 0.1) is 5.92 Å². The number of hydrogen-bond donors (Lipinski definition) is 0. The SMILES string of the molecule is CC(C)CCOc1ccc(C(=O)OCCc2ccccc2)cc1Br. The van der Waals surface area contributed by atoms with E-state index in [1.54, 1.807) is 18.2 Å². The molecule has 0 atom stereocenters. The van der Waals surface area contributed by atoms with Gasteiger partial charge in [-0.05, 0) is 52.0 Å². The zero-order valence-electron chi connectivity index (χ0n) is 14.1. The Kier molecular flexibility index (Phi) is 7.32. The first-order chi connectivity index (χ1) is 11.6. The number of esters is 1. The summed E-state index contributed by atoms with van der Waals surface area (Å²) in [7, 11) is 0. The lowest BCUT2D eigenvalue weighted by atomic mass is 10.1. The highest BCUT2D eigenvalue weighted by Gasteiger charge is 2.11. The highest BCUT2D eigenvalue weighted by Crippen LogP contribution is 2.26. The van der Waals surface area contributed by atoms with Crippen molar-refractivity contribution in [1.82, 2.24) is 0 Å². The van der Waals surface area contributed by atoms with Crippen LogP contribution in [0.25, 0.3) is 0 Å². The summed E-state index contributed by atoms with van der Waals surface area (Å²) >= 11 is 3.45. The number of carbonyl (C=O) groups is 1. The number of hydrogen-bond acceptors (Lipinski definition) is 3. The number of ether oxygens (including phenoxy) is 2. The molecule has 0 heterocycles. The molecule has 0 amide bonds. The van der Waals surface area contributed by atoms with Gasteiger partial charge in [-0.25, -0.2) is 4.79 Å². The molecule has 0 saturated carbocycles. The average Bonchev–Trinajstić information content (AvgIpc) is 2.57. The first-order valence-electron chi connectivity index (χ1n) is 8.19.